The number of nitrogens with one attached hydrogen (secondary N) is 2. The third kappa shape index (κ3) is 6.33. The first-order chi connectivity index (χ1) is 14.5. The lowest BCUT2D eigenvalue weighted by Crippen LogP contribution is -2.41. The second-order valence-corrected chi connectivity index (χ2v) is 6.62. The van der Waals surface area contributed by atoms with Crippen LogP contribution in [0.3, 0.4) is 0 Å². The zero-order valence-corrected chi connectivity index (χ0v) is 17.1. The Morgan fingerprint density at radius 2 is 1.93 bits per heavy atom. The van der Waals surface area contributed by atoms with Gasteiger partial charge >= 0.3 is 12.0 Å². The van der Waals surface area contributed by atoms with Gasteiger partial charge in [-0.25, -0.2) is 9.59 Å². The van der Waals surface area contributed by atoms with Crippen molar-refractivity contribution in [3.63, 3.8) is 0 Å². The Bertz CT molecular complexity index is 833. The summed E-state index contributed by atoms with van der Waals surface area (Å²) in [5, 5.41) is 4.69. The first-order valence-electron chi connectivity index (χ1n) is 9.63. The number of carbonyl (C=O) groups is 4. The van der Waals surface area contributed by atoms with Crippen molar-refractivity contribution in [3.05, 3.63) is 34.9 Å². The number of imide groups is 1. The third-order valence-corrected chi connectivity index (χ3v) is 4.61. The molecule has 2 N–H and O–H groups in total. The van der Waals surface area contributed by atoms with Crippen LogP contribution >= 0.6 is 0 Å². The van der Waals surface area contributed by atoms with E-state index in [9.17, 15) is 19.2 Å². The molecule has 9 nitrogen and oxygen atoms in total. The summed E-state index contributed by atoms with van der Waals surface area (Å²) in [5.41, 5.74) is 1.16. The minimum atomic E-state index is -0.951. The lowest BCUT2D eigenvalue weighted by Gasteiger charge is -2.14. The van der Waals surface area contributed by atoms with Crippen molar-refractivity contribution in [2.24, 2.45) is 0 Å². The molecule has 0 aliphatic heterocycles. The molecule has 1 aromatic carbocycles. The van der Waals surface area contributed by atoms with Crippen LogP contribution in [0.1, 0.15) is 52.8 Å². The molecule has 3 amide bonds. The summed E-state index contributed by atoms with van der Waals surface area (Å²) in [6.45, 7) is -0.287. The van der Waals surface area contributed by atoms with Crippen LogP contribution in [0.4, 0.5) is 4.79 Å². The molecule has 0 radical (unpaired) electrons. The predicted octanol–water partition coefficient (Wildman–Crippen LogP) is 2.39. The number of hydrogen-bond donors (Lipinski definition) is 2. The predicted molar refractivity (Wildman–Crippen MR) is 108 cm³/mol. The van der Waals surface area contributed by atoms with Crippen LogP contribution in [-0.4, -0.2) is 51.6 Å². The summed E-state index contributed by atoms with van der Waals surface area (Å²) >= 11 is 0. The lowest BCUT2D eigenvalue weighted by atomic mass is 9.97. The van der Waals surface area contributed by atoms with Gasteiger partial charge in [0.15, 0.2) is 24.4 Å². The molecule has 0 atom stereocenters. The fourth-order valence-corrected chi connectivity index (χ4v) is 3.13. The molecule has 30 heavy (non-hydrogen) atoms. The average Bonchev–Trinajstić information content (AvgIpc) is 2.76. The number of esters is 1. The molecule has 1 aromatic rings. The molecular formula is C21H26N2O7. The van der Waals surface area contributed by atoms with Crippen LogP contribution in [0.15, 0.2) is 23.8 Å². The van der Waals surface area contributed by atoms with Gasteiger partial charge in [0.25, 0.3) is 5.91 Å². The van der Waals surface area contributed by atoms with E-state index in [1.807, 2.05) is 0 Å². The first kappa shape index (κ1) is 22.9. The van der Waals surface area contributed by atoms with Crippen molar-refractivity contribution in [2.45, 2.75) is 32.1 Å². The van der Waals surface area contributed by atoms with Gasteiger partial charge in [-0.3, -0.25) is 14.9 Å². The summed E-state index contributed by atoms with van der Waals surface area (Å²) < 4.78 is 15.2. The standard InChI is InChI=1S/C21H26N2O7/c1-28-16-9-8-15(12-24)18(19(16)29-2)20(26)30-13-17(25)23-21(27)22-11-10-14-6-4-3-5-7-14/h6,8-9,12H,3-5,7,10-11,13H2,1-2H3,(H2,22,23,25,27). The van der Waals surface area contributed by atoms with Gasteiger partial charge < -0.3 is 19.5 Å². The number of benzene rings is 1. The summed E-state index contributed by atoms with van der Waals surface area (Å²) in [4.78, 5) is 47.4. The fraction of sp³-hybridized carbons (Fsp3) is 0.429. The van der Waals surface area contributed by atoms with Crippen LogP contribution < -0.4 is 20.1 Å². The minimum Gasteiger partial charge on any atom is -0.493 e. The maximum atomic E-state index is 12.4. The highest BCUT2D eigenvalue weighted by Crippen LogP contribution is 2.33. The maximum Gasteiger partial charge on any atom is 0.343 e. The summed E-state index contributed by atoms with van der Waals surface area (Å²) in [6.07, 6.45) is 7.85. The highest BCUT2D eigenvalue weighted by molar-refractivity contribution is 6.03. The molecule has 2 rings (SSSR count). The van der Waals surface area contributed by atoms with E-state index in [1.54, 1.807) is 0 Å². The Morgan fingerprint density at radius 3 is 2.57 bits per heavy atom. The Morgan fingerprint density at radius 1 is 1.13 bits per heavy atom. The monoisotopic (exact) mass is 418 g/mol. The number of amides is 3. The van der Waals surface area contributed by atoms with E-state index in [0.717, 1.165) is 25.7 Å². The van der Waals surface area contributed by atoms with E-state index >= 15 is 0 Å². The van der Waals surface area contributed by atoms with E-state index in [-0.39, 0.29) is 22.6 Å². The summed E-state index contributed by atoms with van der Waals surface area (Å²) in [6, 6.07) is 2.18. The SMILES string of the molecule is COc1ccc(C=O)c(C(=O)OCC(=O)NC(=O)NCCC2=CCCCC2)c1OC. The first-order valence-corrected chi connectivity index (χ1v) is 9.63. The topological polar surface area (TPSA) is 120 Å². The fourth-order valence-electron chi connectivity index (χ4n) is 3.13. The molecule has 162 valence electrons. The molecule has 9 heteroatoms. The molecule has 0 fully saturated rings. The van der Waals surface area contributed by atoms with Gasteiger partial charge in [-0.2, -0.15) is 0 Å². The number of ether oxygens (including phenoxy) is 3. The van der Waals surface area contributed by atoms with Crippen LogP contribution in [-0.2, 0) is 9.53 Å². The zero-order valence-electron chi connectivity index (χ0n) is 17.1. The van der Waals surface area contributed by atoms with Crippen molar-refractivity contribution in [1.82, 2.24) is 10.6 Å². The quantitative estimate of drug-likeness (QED) is 0.359. The van der Waals surface area contributed by atoms with Gasteiger partial charge in [-0.05, 0) is 44.2 Å². The van der Waals surface area contributed by atoms with E-state index in [0.29, 0.717) is 12.8 Å². The van der Waals surface area contributed by atoms with Crippen molar-refractivity contribution < 1.29 is 33.4 Å². The number of hydrogen-bond acceptors (Lipinski definition) is 7. The molecule has 1 aliphatic rings. The van der Waals surface area contributed by atoms with Crippen molar-refractivity contribution in [3.8, 4) is 11.5 Å². The van der Waals surface area contributed by atoms with Gasteiger partial charge in [0.05, 0.1) is 14.2 Å². The molecular weight excluding hydrogens is 392 g/mol. The van der Waals surface area contributed by atoms with E-state index < -0.39 is 24.5 Å². The number of allylic oxidation sites excluding steroid dienone is 1. The van der Waals surface area contributed by atoms with Crippen molar-refractivity contribution in [2.75, 3.05) is 27.4 Å². The normalized spacial score (nSPS) is 12.9. The van der Waals surface area contributed by atoms with E-state index in [4.69, 9.17) is 14.2 Å². The smallest absolute Gasteiger partial charge is 0.343 e. The second kappa shape index (κ2) is 11.6. The Labute approximate surface area is 174 Å². The van der Waals surface area contributed by atoms with Gasteiger partial charge in [0.2, 0.25) is 0 Å². The van der Waals surface area contributed by atoms with Gasteiger partial charge in [0.1, 0.15) is 5.56 Å². The molecule has 0 unspecified atom stereocenters. The number of carbonyl (C=O) groups excluding carboxylic acids is 4. The Kier molecular flexibility index (Phi) is 8.86. The largest absolute Gasteiger partial charge is 0.493 e. The second-order valence-electron chi connectivity index (χ2n) is 6.62. The van der Waals surface area contributed by atoms with Gasteiger partial charge in [0, 0.05) is 12.1 Å². The van der Waals surface area contributed by atoms with E-state index in [1.165, 1.54) is 38.3 Å². The Hall–Kier alpha value is -3.36. The number of aldehydes is 1. The van der Waals surface area contributed by atoms with Crippen LogP contribution in [0.5, 0.6) is 11.5 Å². The summed E-state index contributed by atoms with van der Waals surface area (Å²) in [5.74, 6) is -1.51. The van der Waals surface area contributed by atoms with Crippen LogP contribution in [0.2, 0.25) is 0 Å². The maximum absolute atomic E-state index is 12.4. The van der Waals surface area contributed by atoms with Gasteiger partial charge in [-0.1, -0.05) is 11.6 Å². The molecule has 0 spiro atoms. The van der Waals surface area contributed by atoms with Crippen LogP contribution in [0, 0.1) is 0 Å². The molecule has 0 saturated heterocycles. The number of rotatable bonds is 9. The average molecular weight is 418 g/mol. The Balaban J connectivity index is 1.85. The zero-order chi connectivity index (χ0) is 21.9. The highest BCUT2D eigenvalue weighted by Gasteiger charge is 2.23. The molecule has 0 saturated carbocycles. The molecule has 1 aliphatic carbocycles. The highest BCUT2D eigenvalue weighted by atomic mass is 16.5. The number of methoxy groups -OCH3 is 2. The van der Waals surface area contributed by atoms with Gasteiger partial charge in [-0.15, -0.1) is 0 Å². The van der Waals surface area contributed by atoms with Crippen molar-refractivity contribution >= 4 is 24.2 Å². The van der Waals surface area contributed by atoms with E-state index in [2.05, 4.69) is 16.7 Å². The molecule has 0 aromatic heterocycles. The van der Waals surface area contributed by atoms with Crippen LogP contribution in [0.25, 0.3) is 0 Å². The third-order valence-electron chi connectivity index (χ3n) is 4.61. The lowest BCUT2D eigenvalue weighted by molar-refractivity contribution is -0.123. The molecule has 0 heterocycles. The number of urea groups is 1. The molecule has 0 bridgehead atoms. The minimum absolute atomic E-state index is 0.0160. The summed E-state index contributed by atoms with van der Waals surface area (Å²) in [7, 11) is 2.69. The van der Waals surface area contributed by atoms with Crippen molar-refractivity contribution in [1.29, 1.82) is 0 Å².